The molecule has 0 amide bonds. The van der Waals surface area contributed by atoms with Crippen LogP contribution in [-0.2, 0) is 4.79 Å². The molecule has 0 atom stereocenters. The lowest BCUT2D eigenvalue weighted by Crippen LogP contribution is -2.01. The number of ether oxygens (including phenoxy) is 1. The second-order valence-electron chi connectivity index (χ2n) is 3.53. The van der Waals surface area contributed by atoms with Crippen LogP contribution in [0.2, 0.25) is 0 Å². The van der Waals surface area contributed by atoms with Crippen molar-refractivity contribution in [3.63, 3.8) is 0 Å². The highest BCUT2D eigenvalue weighted by Gasteiger charge is 1.97. The minimum atomic E-state index is -0.733. The van der Waals surface area contributed by atoms with Crippen LogP contribution < -0.4 is 10.5 Å². The molecule has 0 aliphatic rings. The number of nitrogen functional groups attached to an aromatic ring is 1. The van der Waals surface area contributed by atoms with E-state index < -0.39 is 5.97 Å². The van der Waals surface area contributed by atoms with Crippen LogP contribution in [-0.4, -0.2) is 29.2 Å². The minimum absolute atomic E-state index is 0.242. The lowest BCUT2D eigenvalue weighted by molar-refractivity contribution is -0.137. The maximum absolute atomic E-state index is 10.3. The smallest absolute Gasteiger partial charge is 0.303 e. The molecule has 0 bridgehead atoms. The Morgan fingerprint density at radius 2 is 2.00 bits per heavy atom. The summed E-state index contributed by atoms with van der Waals surface area (Å²) in [4.78, 5) is 10.3. The van der Waals surface area contributed by atoms with Crippen LogP contribution >= 0.6 is 11.8 Å². The van der Waals surface area contributed by atoms with Crippen LogP contribution in [0.25, 0.3) is 0 Å². The summed E-state index contributed by atoms with van der Waals surface area (Å²) in [7, 11) is 0. The number of aliphatic carboxylic acids is 1. The van der Waals surface area contributed by atoms with E-state index in [0.717, 1.165) is 22.9 Å². The van der Waals surface area contributed by atoms with Crippen molar-refractivity contribution in [3.05, 3.63) is 24.3 Å². The van der Waals surface area contributed by atoms with Crippen LogP contribution in [0, 0.1) is 0 Å². The number of nitrogens with two attached hydrogens (primary N) is 1. The first-order chi connectivity index (χ1) is 8.18. The first kappa shape index (κ1) is 13.7. The van der Waals surface area contributed by atoms with Gasteiger partial charge < -0.3 is 15.6 Å². The number of hydrogen-bond donors (Lipinski definition) is 2. The van der Waals surface area contributed by atoms with Crippen molar-refractivity contribution in [2.75, 3.05) is 23.8 Å². The second-order valence-corrected chi connectivity index (χ2v) is 4.75. The molecule has 4 nitrogen and oxygen atoms in total. The molecule has 94 valence electrons. The molecule has 0 aliphatic heterocycles. The van der Waals surface area contributed by atoms with Crippen LogP contribution in [0.3, 0.4) is 0 Å². The van der Waals surface area contributed by atoms with E-state index in [1.807, 2.05) is 12.1 Å². The Labute approximate surface area is 105 Å². The van der Waals surface area contributed by atoms with Crippen molar-refractivity contribution >= 4 is 23.4 Å². The summed E-state index contributed by atoms with van der Waals surface area (Å²) in [5.41, 5.74) is 6.28. The Morgan fingerprint density at radius 1 is 1.29 bits per heavy atom. The molecule has 1 aromatic carbocycles. The molecule has 0 fully saturated rings. The molecule has 0 aliphatic carbocycles. The van der Waals surface area contributed by atoms with Gasteiger partial charge in [0.15, 0.2) is 0 Å². The molecule has 0 spiro atoms. The van der Waals surface area contributed by atoms with Gasteiger partial charge in [0.05, 0.1) is 6.61 Å². The highest BCUT2D eigenvalue weighted by atomic mass is 32.2. The van der Waals surface area contributed by atoms with Gasteiger partial charge in [-0.2, -0.15) is 11.8 Å². The second kappa shape index (κ2) is 7.84. The van der Waals surface area contributed by atoms with Gasteiger partial charge in [-0.3, -0.25) is 4.79 Å². The van der Waals surface area contributed by atoms with Gasteiger partial charge in [0.2, 0.25) is 0 Å². The predicted molar refractivity (Wildman–Crippen MR) is 70.5 cm³/mol. The maximum Gasteiger partial charge on any atom is 0.303 e. The summed E-state index contributed by atoms with van der Waals surface area (Å²) in [5, 5.41) is 8.44. The van der Waals surface area contributed by atoms with Gasteiger partial charge in [0.1, 0.15) is 5.75 Å². The number of thioether (sulfide) groups is 1. The zero-order chi connectivity index (χ0) is 12.5. The molecular weight excluding hydrogens is 238 g/mol. The van der Waals surface area contributed by atoms with Crippen LogP contribution in [0.15, 0.2) is 24.3 Å². The van der Waals surface area contributed by atoms with E-state index >= 15 is 0 Å². The summed E-state index contributed by atoms with van der Waals surface area (Å²) in [6.07, 6.45) is 0.952. The predicted octanol–water partition coefficient (Wildman–Crippen LogP) is 2.25. The van der Waals surface area contributed by atoms with E-state index in [1.54, 1.807) is 23.9 Å². The number of rotatable bonds is 8. The van der Waals surface area contributed by atoms with Crippen molar-refractivity contribution in [1.82, 2.24) is 0 Å². The normalized spacial score (nSPS) is 10.1. The number of benzene rings is 1. The summed E-state index contributed by atoms with van der Waals surface area (Å²) in [6, 6.07) is 7.28. The van der Waals surface area contributed by atoms with Crippen molar-refractivity contribution < 1.29 is 14.6 Å². The summed E-state index contributed by atoms with van der Waals surface area (Å²) >= 11 is 1.70. The Bertz CT molecular complexity index is 340. The standard InChI is InChI=1S/C12H17NO3S/c13-10-3-5-11(6-4-10)16-7-9-17-8-1-2-12(14)15/h3-6H,1-2,7-9,13H2,(H,14,15). The molecule has 0 saturated heterocycles. The van der Waals surface area contributed by atoms with E-state index in [1.165, 1.54) is 0 Å². The highest BCUT2D eigenvalue weighted by Crippen LogP contribution is 2.13. The molecule has 3 N–H and O–H groups in total. The molecule has 0 aromatic heterocycles. The van der Waals surface area contributed by atoms with E-state index in [-0.39, 0.29) is 6.42 Å². The summed E-state index contributed by atoms with van der Waals surface area (Å²) in [6.45, 7) is 0.627. The average Bonchev–Trinajstić information content (AvgIpc) is 2.30. The number of carboxylic acids is 1. The third kappa shape index (κ3) is 6.73. The largest absolute Gasteiger partial charge is 0.493 e. The Kier molecular flexibility index (Phi) is 6.32. The minimum Gasteiger partial charge on any atom is -0.493 e. The summed E-state index contributed by atoms with van der Waals surface area (Å²) in [5.74, 6) is 1.80. The number of hydrogen-bond acceptors (Lipinski definition) is 4. The molecule has 1 rings (SSSR count). The lowest BCUT2D eigenvalue weighted by Gasteiger charge is -2.05. The van der Waals surface area contributed by atoms with Crippen molar-refractivity contribution in [1.29, 1.82) is 0 Å². The zero-order valence-electron chi connectivity index (χ0n) is 9.59. The van der Waals surface area contributed by atoms with Gasteiger partial charge in [-0.1, -0.05) is 0 Å². The molecule has 0 radical (unpaired) electrons. The van der Waals surface area contributed by atoms with Crippen LogP contribution in [0.5, 0.6) is 5.75 Å². The fourth-order valence-electron chi connectivity index (χ4n) is 1.21. The molecule has 0 heterocycles. The highest BCUT2D eigenvalue weighted by molar-refractivity contribution is 7.99. The third-order valence-electron chi connectivity index (χ3n) is 2.06. The van der Waals surface area contributed by atoms with Crippen molar-refractivity contribution in [2.45, 2.75) is 12.8 Å². The molecule has 17 heavy (non-hydrogen) atoms. The lowest BCUT2D eigenvalue weighted by atomic mass is 10.3. The third-order valence-corrected chi connectivity index (χ3v) is 3.09. The first-order valence-electron chi connectivity index (χ1n) is 5.46. The van der Waals surface area contributed by atoms with Crippen molar-refractivity contribution in [3.8, 4) is 5.75 Å². The van der Waals surface area contributed by atoms with E-state index in [0.29, 0.717) is 13.0 Å². The fourth-order valence-corrected chi connectivity index (χ4v) is 1.96. The topological polar surface area (TPSA) is 72.5 Å². The molecule has 0 saturated carbocycles. The fraction of sp³-hybridized carbons (Fsp3) is 0.417. The van der Waals surface area contributed by atoms with Gasteiger partial charge in [-0.25, -0.2) is 0 Å². The molecule has 5 heteroatoms. The van der Waals surface area contributed by atoms with Crippen molar-refractivity contribution in [2.24, 2.45) is 0 Å². The molecule has 0 unspecified atom stereocenters. The first-order valence-corrected chi connectivity index (χ1v) is 6.62. The van der Waals surface area contributed by atoms with Gasteiger partial charge in [0, 0.05) is 17.9 Å². The number of carbonyl (C=O) groups is 1. The van der Waals surface area contributed by atoms with Crippen LogP contribution in [0.4, 0.5) is 5.69 Å². The number of anilines is 1. The van der Waals surface area contributed by atoms with E-state index in [4.69, 9.17) is 15.6 Å². The van der Waals surface area contributed by atoms with Gasteiger partial charge in [-0.15, -0.1) is 0 Å². The quantitative estimate of drug-likeness (QED) is 0.550. The summed E-state index contributed by atoms with van der Waals surface area (Å²) < 4.78 is 5.50. The number of carboxylic acid groups (broad SMARTS) is 1. The van der Waals surface area contributed by atoms with E-state index in [9.17, 15) is 4.79 Å². The van der Waals surface area contributed by atoms with Gasteiger partial charge in [0.25, 0.3) is 0 Å². The zero-order valence-corrected chi connectivity index (χ0v) is 10.4. The SMILES string of the molecule is Nc1ccc(OCCSCCCC(=O)O)cc1. The van der Waals surface area contributed by atoms with Gasteiger partial charge in [-0.05, 0) is 36.4 Å². The van der Waals surface area contributed by atoms with Crippen LogP contribution in [0.1, 0.15) is 12.8 Å². The Balaban J connectivity index is 2.01. The molecule has 1 aromatic rings. The maximum atomic E-state index is 10.3. The average molecular weight is 255 g/mol. The van der Waals surface area contributed by atoms with Gasteiger partial charge >= 0.3 is 5.97 Å². The monoisotopic (exact) mass is 255 g/mol. The molecular formula is C12H17NO3S. The van der Waals surface area contributed by atoms with E-state index in [2.05, 4.69) is 0 Å². The Hall–Kier alpha value is -1.36. The Morgan fingerprint density at radius 3 is 2.65 bits per heavy atom.